The van der Waals surface area contributed by atoms with Crippen molar-refractivity contribution in [3.63, 3.8) is 0 Å². The Hall–Kier alpha value is -3.07. The van der Waals surface area contributed by atoms with Gasteiger partial charge in [-0.05, 0) is 72.4 Å². The zero-order valence-electron chi connectivity index (χ0n) is 20.5. The second-order valence-electron chi connectivity index (χ2n) is 8.99. The summed E-state index contributed by atoms with van der Waals surface area (Å²) in [5, 5.41) is 0. The van der Waals surface area contributed by atoms with Gasteiger partial charge in [0.05, 0.1) is 15.1 Å². The van der Waals surface area contributed by atoms with Crippen molar-refractivity contribution in [2.45, 2.75) is 51.1 Å². The number of hydrogen-bond donors (Lipinski definition) is 0. The van der Waals surface area contributed by atoms with E-state index in [0.717, 1.165) is 35.2 Å². The molecule has 186 valence electrons. The van der Waals surface area contributed by atoms with Crippen molar-refractivity contribution < 1.29 is 13.2 Å². The largest absolute Gasteiger partial charge is 0.316 e. The quantitative estimate of drug-likeness (QED) is 0.353. The zero-order valence-corrected chi connectivity index (χ0v) is 22.1. The first-order valence-corrected chi connectivity index (χ1v) is 14.5. The molecule has 0 saturated heterocycles. The SMILES string of the molecule is CCCn1c(=NC(=O)c2ccc(S(=O)(=O)N3CCc4ccccc4C3)cc2)sc2cc(CC)ccc21. The lowest BCUT2D eigenvalue weighted by Crippen LogP contribution is -2.35. The Morgan fingerprint density at radius 3 is 2.47 bits per heavy atom. The van der Waals surface area contributed by atoms with Gasteiger partial charge in [-0.25, -0.2) is 8.42 Å². The number of carbonyl (C=O) groups excluding carboxylic acids is 1. The lowest BCUT2D eigenvalue weighted by molar-refractivity contribution is 0.0997. The highest BCUT2D eigenvalue weighted by atomic mass is 32.2. The van der Waals surface area contributed by atoms with E-state index < -0.39 is 10.0 Å². The van der Waals surface area contributed by atoms with Gasteiger partial charge in [-0.1, -0.05) is 55.5 Å². The standard InChI is InChI=1S/C28H29N3O3S2/c1-3-16-31-25-14-9-20(4-2)18-26(25)35-28(31)29-27(32)22-10-12-24(13-11-22)36(33,34)30-17-15-21-7-5-6-8-23(21)19-30/h5-14,18H,3-4,15-17,19H2,1-2H3. The third kappa shape index (κ3) is 4.68. The molecule has 0 atom stereocenters. The van der Waals surface area contributed by atoms with Crippen molar-refractivity contribution in [2.75, 3.05) is 6.54 Å². The second-order valence-corrected chi connectivity index (χ2v) is 11.9. The van der Waals surface area contributed by atoms with Gasteiger partial charge in [-0.2, -0.15) is 9.30 Å². The number of aryl methyl sites for hydroxylation is 2. The number of nitrogens with zero attached hydrogens (tertiary/aromatic N) is 3. The number of fused-ring (bicyclic) bond motifs is 2. The fourth-order valence-electron chi connectivity index (χ4n) is 4.61. The fourth-order valence-corrected chi connectivity index (χ4v) is 7.14. The normalized spacial score (nSPS) is 14.8. The highest BCUT2D eigenvalue weighted by Crippen LogP contribution is 2.25. The summed E-state index contributed by atoms with van der Waals surface area (Å²) in [4.78, 5) is 18.3. The van der Waals surface area contributed by atoms with Gasteiger partial charge in [0.15, 0.2) is 4.80 Å². The smallest absolute Gasteiger partial charge is 0.279 e. The molecule has 6 nitrogen and oxygen atoms in total. The number of sulfonamides is 1. The van der Waals surface area contributed by atoms with Crippen molar-refractivity contribution in [1.82, 2.24) is 8.87 Å². The number of hydrogen-bond acceptors (Lipinski definition) is 4. The monoisotopic (exact) mass is 519 g/mol. The van der Waals surface area contributed by atoms with Gasteiger partial charge < -0.3 is 4.57 Å². The van der Waals surface area contributed by atoms with Crippen molar-refractivity contribution in [3.05, 3.63) is 93.8 Å². The van der Waals surface area contributed by atoms with Gasteiger partial charge >= 0.3 is 0 Å². The Kier molecular flexibility index (Phi) is 6.92. The van der Waals surface area contributed by atoms with Crippen LogP contribution in [0.15, 0.2) is 76.6 Å². The molecule has 0 unspecified atom stereocenters. The van der Waals surface area contributed by atoms with Crippen LogP contribution >= 0.6 is 11.3 Å². The number of rotatable bonds is 6. The number of benzene rings is 3. The third-order valence-electron chi connectivity index (χ3n) is 6.63. The minimum Gasteiger partial charge on any atom is -0.316 e. The predicted octanol–water partition coefficient (Wildman–Crippen LogP) is 5.16. The zero-order chi connectivity index (χ0) is 25.3. The molecule has 1 amide bonds. The van der Waals surface area contributed by atoms with E-state index in [-0.39, 0.29) is 10.8 Å². The number of carbonyl (C=O) groups is 1. The van der Waals surface area contributed by atoms with Gasteiger partial charge in [-0.3, -0.25) is 4.79 Å². The molecular formula is C28H29N3O3S2. The van der Waals surface area contributed by atoms with Crippen molar-refractivity contribution >= 4 is 37.5 Å². The summed E-state index contributed by atoms with van der Waals surface area (Å²) in [7, 11) is -3.65. The molecule has 1 aliphatic rings. The van der Waals surface area contributed by atoms with Gasteiger partial charge in [0, 0.05) is 25.2 Å². The third-order valence-corrected chi connectivity index (χ3v) is 9.54. The van der Waals surface area contributed by atoms with Crippen LogP contribution in [0.1, 0.15) is 47.3 Å². The van der Waals surface area contributed by atoms with Crippen LogP contribution in [0.25, 0.3) is 10.2 Å². The van der Waals surface area contributed by atoms with Crippen LogP contribution in [0.3, 0.4) is 0 Å². The van der Waals surface area contributed by atoms with Gasteiger partial charge in [0.2, 0.25) is 10.0 Å². The Labute approximate surface area is 215 Å². The van der Waals surface area contributed by atoms with E-state index in [9.17, 15) is 13.2 Å². The van der Waals surface area contributed by atoms with E-state index in [1.807, 2.05) is 24.3 Å². The van der Waals surface area contributed by atoms with Crippen LogP contribution in [0.2, 0.25) is 0 Å². The molecule has 0 fully saturated rings. The molecule has 1 aliphatic heterocycles. The maximum Gasteiger partial charge on any atom is 0.279 e. The van der Waals surface area contributed by atoms with Crippen LogP contribution in [0.4, 0.5) is 0 Å². The van der Waals surface area contributed by atoms with E-state index in [2.05, 4.69) is 41.6 Å². The van der Waals surface area contributed by atoms with E-state index in [0.29, 0.717) is 29.9 Å². The summed E-state index contributed by atoms with van der Waals surface area (Å²) in [5.74, 6) is -0.377. The molecule has 4 aromatic rings. The molecule has 5 rings (SSSR count). The molecule has 1 aromatic heterocycles. The summed E-state index contributed by atoms with van der Waals surface area (Å²) in [5.41, 5.74) is 4.92. The van der Waals surface area contributed by atoms with Gasteiger partial charge in [0.1, 0.15) is 0 Å². The molecule has 0 aliphatic carbocycles. The molecule has 2 heterocycles. The lowest BCUT2D eigenvalue weighted by atomic mass is 10.0. The second kappa shape index (κ2) is 10.1. The highest BCUT2D eigenvalue weighted by molar-refractivity contribution is 7.89. The molecule has 36 heavy (non-hydrogen) atoms. The first kappa shape index (κ1) is 24.6. The highest BCUT2D eigenvalue weighted by Gasteiger charge is 2.28. The Morgan fingerprint density at radius 1 is 1.00 bits per heavy atom. The van der Waals surface area contributed by atoms with Crippen LogP contribution in [-0.4, -0.2) is 29.7 Å². The average Bonchev–Trinajstić information content (AvgIpc) is 3.24. The Balaban J connectivity index is 1.42. The van der Waals surface area contributed by atoms with Gasteiger partial charge in [0.25, 0.3) is 5.91 Å². The van der Waals surface area contributed by atoms with Crippen LogP contribution in [0.5, 0.6) is 0 Å². The minimum atomic E-state index is -3.65. The minimum absolute atomic E-state index is 0.188. The topological polar surface area (TPSA) is 71.7 Å². The summed E-state index contributed by atoms with van der Waals surface area (Å²) in [6, 6.07) is 20.5. The van der Waals surface area contributed by atoms with E-state index >= 15 is 0 Å². The van der Waals surface area contributed by atoms with Crippen molar-refractivity contribution in [2.24, 2.45) is 4.99 Å². The van der Waals surface area contributed by atoms with E-state index in [1.54, 1.807) is 12.1 Å². The van der Waals surface area contributed by atoms with Crippen LogP contribution in [0, 0.1) is 0 Å². The number of thiazole rings is 1. The molecule has 0 spiro atoms. The maximum absolute atomic E-state index is 13.3. The molecule has 0 saturated carbocycles. The Morgan fingerprint density at radius 2 is 1.75 bits per heavy atom. The van der Waals surface area contributed by atoms with Crippen molar-refractivity contribution in [1.29, 1.82) is 0 Å². The van der Waals surface area contributed by atoms with Crippen molar-refractivity contribution in [3.8, 4) is 0 Å². The summed E-state index contributed by atoms with van der Waals surface area (Å²) >= 11 is 1.51. The molecular weight excluding hydrogens is 490 g/mol. The van der Waals surface area contributed by atoms with E-state index in [1.165, 1.54) is 38.9 Å². The summed E-state index contributed by atoms with van der Waals surface area (Å²) in [6.45, 7) is 5.80. The molecule has 0 bridgehead atoms. The summed E-state index contributed by atoms with van der Waals surface area (Å²) in [6.07, 6.45) is 2.57. The molecule has 0 radical (unpaired) electrons. The number of aromatic nitrogens is 1. The maximum atomic E-state index is 13.3. The van der Waals surface area contributed by atoms with Crippen LogP contribution < -0.4 is 4.80 Å². The fraction of sp³-hybridized carbons (Fsp3) is 0.286. The molecule has 0 N–H and O–H groups in total. The summed E-state index contributed by atoms with van der Waals surface area (Å²) < 4.78 is 31.2. The Bertz CT molecular complexity index is 1600. The predicted molar refractivity (Wildman–Crippen MR) is 144 cm³/mol. The first-order valence-electron chi connectivity index (χ1n) is 12.3. The number of amides is 1. The first-order chi connectivity index (χ1) is 17.4. The van der Waals surface area contributed by atoms with Gasteiger partial charge in [-0.15, -0.1) is 0 Å². The van der Waals surface area contributed by atoms with Crippen LogP contribution in [-0.2, 0) is 36.0 Å². The van der Waals surface area contributed by atoms with E-state index in [4.69, 9.17) is 0 Å². The molecule has 8 heteroatoms. The average molecular weight is 520 g/mol. The molecule has 3 aromatic carbocycles. The lowest BCUT2D eigenvalue weighted by Gasteiger charge is -2.28.